The Morgan fingerprint density at radius 1 is 1.00 bits per heavy atom. The number of rotatable bonds is 2. The minimum Gasteiger partial charge on any atom is -0.298 e. The molecule has 28 heavy (non-hydrogen) atoms. The molecule has 4 nitrogen and oxygen atoms in total. The summed E-state index contributed by atoms with van der Waals surface area (Å²) in [4.78, 5) is 26.8. The van der Waals surface area contributed by atoms with Gasteiger partial charge in [-0.15, -0.1) is 0 Å². The van der Waals surface area contributed by atoms with Crippen molar-refractivity contribution >= 4 is 79.2 Å². The van der Waals surface area contributed by atoms with Crippen molar-refractivity contribution in [1.29, 1.82) is 0 Å². The van der Waals surface area contributed by atoms with Crippen LogP contribution in [0.3, 0.4) is 0 Å². The first-order chi connectivity index (χ1) is 13.5. The molecule has 1 heterocycles. The SMILES string of the molecule is O=C1NC(=S)N(c2ccc(Cl)cc2)C(=O)/C1=C/c1ccc2ccccc2c1Br. The molecule has 0 radical (unpaired) electrons. The number of hydrogen-bond acceptors (Lipinski definition) is 3. The lowest BCUT2D eigenvalue weighted by atomic mass is 10.0. The average Bonchev–Trinajstić information content (AvgIpc) is 2.68. The van der Waals surface area contributed by atoms with Gasteiger partial charge in [0, 0.05) is 9.50 Å². The van der Waals surface area contributed by atoms with E-state index in [4.69, 9.17) is 23.8 Å². The fraction of sp³-hybridized carbons (Fsp3) is 0. The molecular weight excluding hydrogens is 460 g/mol. The molecule has 7 heteroatoms. The highest BCUT2D eigenvalue weighted by atomic mass is 79.9. The van der Waals surface area contributed by atoms with Crippen LogP contribution in [0.4, 0.5) is 5.69 Å². The van der Waals surface area contributed by atoms with E-state index in [0.29, 0.717) is 10.7 Å². The Hall–Kier alpha value is -2.54. The van der Waals surface area contributed by atoms with E-state index in [2.05, 4.69) is 21.2 Å². The van der Waals surface area contributed by atoms with Crippen LogP contribution < -0.4 is 10.2 Å². The summed E-state index contributed by atoms with van der Waals surface area (Å²) in [6, 6.07) is 18.3. The summed E-state index contributed by atoms with van der Waals surface area (Å²) in [5.41, 5.74) is 1.25. The van der Waals surface area contributed by atoms with E-state index in [-0.39, 0.29) is 10.7 Å². The maximum atomic E-state index is 13.1. The van der Waals surface area contributed by atoms with Crippen LogP contribution in [0.25, 0.3) is 16.8 Å². The van der Waals surface area contributed by atoms with Crippen molar-refractivity contribution < 1.29 is 9.59 Å². The van der Waals surface area contributed by atoms with Crippen LogP contribution in [0.1, 0.15) is 5.56 Å². The molecular formula is C21H12BrClN2O2S. The number of thiocarbonyl (C=S) groups is 1. The molecule has 4 rings (SSSR count). The van der Waals surface area contributed by atoms with E-state index in [1.807, 2.05) is 36.4 Å². The van der Waals surface area contributed by atoms with Gasteiger partial charge in [-0.3, -0.25) is 19.8 Å². The maximum Gasteiger partial charge on any atom is 0.270 e. The molecule has 2 amide bonds. The van der Waals surface area contributed by atoms with Gasteiger partial charge in [-0.1, -0.05) is 48.0 Å². The van der Waals surface area contributed by atoms with Crippen LogP contribution >= 0.6 is 39.7 Å². The Labute approximate surface area is 179 Å². The van der Waals surface area contributed by atoms with Crippen molar-refractivity contribution in [2.75, 3.05) is 4.90 Å². The Balaban J connectivity index is 1.79. The summed E-state index contributed by atoms with van der Waals surface area (Å²) in [5.74, 6) is -1.02. The molecule has 0 aliphatic carbocycles. The van der Waals surface area contributed by atoms with Crippen LogP contribution in [0.2, 0.25) is 5.02 Å². The second kappa shape index (κ2) is 7.47. The zero-order valence-corrected chi connectivity index (χ0v) is 17.4. The first kappa shape index (κ1) is 18.8. The van der Waals surface area contributed by atoms with Gasteiger partial charge in [0.25, 0.3) is 11.8 Å². The van der Waals surface area contributed by atoms with Gasteiger partial charge in [0.1, 0.15) is 5.57 Å². The van der Waals surface area contributed by atoms with Crippen LogP contribution in [-0.2, 0) is 9.59 Å². The van der Waals surface area contributed by atoms with Gasteiger partial charge in [0.15, 0.2) is 5.11 Å². The molecule has 0 spiro atoms. The van der Waals surface area contributed by atoms with Crippen LogP contribution in [0, 0.1) is 0 Å². The lowest BCUT2D eigenvalue weighted by Gasteiger charge is -2.29. The summed E-state index contributed by atoms with van der Waals surface area (Å²) in [5, 5.41) is 5.20. The second-order valence-electron chi connectivity index (χ2n) is 6.12. The second-order valence-corrected chi connectivity index (χ2v) is 7.74. The van der Waals surface area contributed by atoms with Gasteiger partial charge in [-0.25, -0.2) is 0 Å². The van der Waals surface area contributed by atoms with Gasteiger partial charge >= 0.3 is 0 Å². The van der Waals surface area contributed by atoms with Crippen molar-refractivity contribution in [3.05, 3.63) is 81.3 Å². The highest BCUT2D eigenvalue weighted by Crippen LogP contribution is 2.30. The largest absolute Gasteiger partial charge is 0.298 e. The molecule has 0 saturated carbocycles. The Kier molecular flexibility index (Phi) is 5.02. The summed E-state index contributed by atoms with van der Waals surface area (Å²) >= 11 is 14.7. The summed E-state index contributed by atoms with van der Waals surface area (Å²) in [7, 11) is 0. The molecule has 0 atom stereocenters. The van der Waals surface area contributed by atoms with Gasteiger partial charge in [0.05, 0.1) is 5.69 Å². The van der Waals surface area contributed by atoms with Crippen LogP contribution in [0.15, 0.2) is 70.7 Å². The van der Waals surface area contributed by atoms with Crippen LogP contribution in [0.5, 0.6) is 0 Å². The van der Waals surface area contributed by atoms with E-state index in [9.17, 15) is 9.59 Å². The zero-order chi connectivity index (χ0) is 19.8. The molecule has 1 saturated heterocycles. The predicted octanol–water partition coefficient (Wildman–Crippen LogP) is 5.09. The predicted molar refractivity (Wildman–Crippen MR) is 119 cm³/mol. The Morgan fingerprint density at radius 3 is 2.46 bits per heavy atom. The molecule has 1 aliphatic rings. The highest BCUT2D eigenvalue weighted by Gasteiger charge is 2.34. The summed E-state index contributed by atoms with van der Waals surface area (Å²) < 4.78 is 0.810. The molecule has 1 fully saturated rings. The van der Waals surface area contributed by atoms with Crippen molar-refractivity contribution in [3.8, 4) is 0 Å². The smallest absolute Gasteiger partial charge is 0.270 e. The molecule has 0 bridgehead atoms. The van der Waals surface area contributed by atoms with Crippen molar-refractivity contribution in [2.45, 2.75) is 0 Å². The number of nitrogens with one attached hydrogen (secondary N) is 1. The number of carbonyl (C=O) groups is 2. The molecule has 3 aromatic carbocycles. The maximum absolute atomic E-state index is 13.1. The van der Waals surface area contributed by atoms with E-state index < -0.39 is 11.8 Å². The lowest BCUT2D eigenvalue weighted by Crippen LogP contribution is -2.54. The quantitative estimate of drug-likeness (QED) is 0.322. The minimum atomic E-state index is -0.528. The number of nitrogens with zero attached hydrogens (tertiary/aromatic N) is 1. The molecule has 0 aromatic heterocycles. The molecule has 138 valence electrons. The molecule has 1 aliphatic heterocycles. The standard InChI is InChI=1S/C21H12BrClN2O2S/c22-18-13(6-5-12-3-1-2-4-16(12)18)11-17-19(26)24-21(28)25(20(17)27)15-9-7-14(23)8-10-15/h1-11H,(H,24,26,28)/b17-11+. The van der Waals surface area contributed by atoms with E-state index >= 15 is 0 Å². The average molecular weight is 472 g/mol. The van der Waals surface area contributed by atoms with Gasteiger partial charge < -0.3 is 0 Å². The van der Waals surface area contributed by atoms with Crippen molar-refractivity contribution in [1.82, 2.24) is 5.32 Å². The normalized spacial score (nSPS) is 16.0. The van der Waals surface area contributed by atoms with Crippen LogP contribution in [-0.4, -0.2) is 16.9 Å². The Morgan fingerprint density at radius 2 is 1.71 bits per heavy atom. The third-order valence-electron chi connectivity index (χ3n) is 4.38. The molecule has 3 aromatic rings. The van der Waals surface area contributed by atoms with Crippen molar-refractivity contribution in [2.24, 2.45) is 0 Å². The number of amides is 2. The van der Waals surface area contributed by atoms with Gasteiger partial charge in [-0.2, -0.15) is 0 Å². The fourth-order valence-electron chi connectivity index (χ4n) is 3.00. The summed E-state index contributed by atoms with van der Waals surface area (Å²) in [6.45, 7) is 0. The highest BCUT2D eigenvalue weighted by molar-refractivity contribution is 9.10. The number of anilines is 1. The summed E-state index contributed by atoms with van der Waals surface area (Å²) in [6.07, 6.45) is 1.57. The fourth-order valence-corrected chi connectivity index (χ4v) is 4.01. The van der Waals surface area contributed by atoms with E-state index in [0.717, 1.165) is 20.8 Å². The third kappa shape index (κ3) is 3.35. The van der Waals surface area contributed by atoms with Crippen molar-refractivity contribution in [3.63, 3.8) is 0 Å². The first-order valence-electron chi connectivity index (χ1n) is 8.30. The topological polar surface area (TPSA) is 49.4 Å². The van der Waals surface area contributed by atoms with Gasteiger partial charge in [-0.05, 0) is 74.8 Å². The number of fused-ring (bicyclic) bond motifs is 1. The van der Waals surface area contributed by atoms with E-state index in [1.54, 1.807) is 30.3 Å². The minimum absolute atomic E-state index is 0.000434. The number of halogens is 2. The monoisotopic (exact) mass is 470 g/mol. The number of benzene rings is 3. The number of carbonyl (C=O) groups excluding carboxylic acids is 2. The third-order valence-corrected chi connectivity index (χ3v) is 5.80. The zero-order valence-electron chi connectivity index (χ0n) is 14.3. The first-order valence-corrected chi connectivity index (χ1v) is 9.88. The lowest BCUT2D eigenvalue weighted by molar-refractivity contribution is -0.122. The molecule has 0 unspecified atom stereocenters. The van der Waals surface area contributed by atoms with Gasteiger partial charge in [0.2, 0.25) is 0 Å². The Bertz CT molecular complexity index is 1170. The van der Waals surface area contributed by atoms with E-state index in [1.165, 1.54) is 4.90 Å². The number of hydrogen-bond donors (Lipinski definition) is 1. The molecule has 1 N–H and O–H groups in total.